The third kappa shape index (κ3) is 14.0. The number of nitrogens with two attached hydrogens (primary N) is 4. The standard InChI is InChI=1S/C23H44N8O6/c1-5-13(4)18(31-19(33)14(24)8-9-17(25)32)21(35)30-16(11-12(2)3)20(34)29-15(22(36)37)7-6-10-28-23(26)27/h12-16,18H,5-11,24H2,1-4H3,(H2,25,32)(H,29,34)(H,30,35)(H,31,33)(H,36,37)(H4,26,27,28). The average Bonchev–Trinajstić information content (AvgIpc) is 2.80. The number of carbonyl (C=O) groups is 5. The van der Waals surface area contributed by atoms with E-state index in [1.165, 1.54) is 0 Å². The molecule has 0 fully saturated rings. The molecule has 5 atom stereocenters. The Kier molecular flexibility index (Phi) is 15.5. The number of hydrogen-bond acceptors (Lipinski definition) is 7. The van der Waals surface area contributed by atoms with Crippen LogP contribution in [0, 0.1) is 11.8 Å². The lowest BCUT2D eigenvalue weighted by atomic mass is 9.96. The van der Waals surface area contributed by atoms with Crippen LogP contribution >= 0.6 is 0 Å². The van der Waals surface area contributed by atoms with E-state index in [1.54, 1.807) is 6.92 Å². The maximum absolute atomic E-state index is 13.2. The quantitative estimate of drug-likeness (QED) is 0.0569. The number of carbonyl (C=O) groups excluding carboxylic acids is 4. The van der Waals surface area contributed by atoms with Crippen molar-refractivity contribution in [2.75, 3.05) is 6.54 Å². The molecule has 14 nitrogen and oxygen atoms in total. The summed E-state index contributed by atoms with van der Waals surface area (Å²) < 4.78 is 0. The minimum Gasteiger partial charge on any atom is -0.480 e. The Bertz CT molecular complexity index is 815. The van der Waals surface area contributed by atoms with Gasteiger partial charge >= 0.3 is 5.97 Å². The Labute approximate surface area is 217 Å². The minimum absolute atomic E-state index is 0.0138. The topological polar surface area (TPSA) is 258 Å². The highest BCUT2D eigenvalue weighted by Crippen LogP contribution is 2.12. The second kappa shape index (κ2) is 17.1. The van der Waals surface area contributed by atoms with Crippen molar-refractivity contribution in [2.45, 2.75) is 90.4 Å². The minimum atomic E-state index is -1.23. The Morgan fingerprint density at radius 1 is 0.865 bits per heavy atom. The average molecular weight is 529 g/mol. The van der Waals surface area contributed by atoms with Crippen LogP contribution < -0.4 is 38.9 Å². The summed E-state index contributed by atoms with van der Waals surface area (Å²) >= 11 is 0. The molecule has 5 unspecified atom stereocenters. The first kappa shape index (κ1) is 33.6. The largest absolute Gasteiger partial charge is 0.480 e. The summed E-state index contributed by atoms with van der Waals surface area (Å²) in [5.74, 6) is -4.17. The van der Waals surface area contributed by atoms with Gasteiger partial charge in [-0.2, -0.15) is 0 Å². The van der Waals surface area contributed by atoms with Gasteiger partial charge in [-0.25, -0.2) is 4.79 Å². The highest BCUT2D eigenvalue weighted by molar-refractivity contribution is 5.94. The Balaban J connectivity index is 5.50. The van der Waals surface area contributed by atoms with Gasteiger partial charge in [0.25, 0.3) is 0 Å². The van der Waals surface area contributed by atoms with E-state index in [1.807, 2.05) is 20.8 Å². The molecule has 0 heterocycles. The van der Waals surface area contributed by atoms with E-state index in [9.17, 15) is 29.1 Å². The highest BCUT2D eigenvalue weighted by atomic mass is 16.4. The van der Waals surface area contributed by atoms with E-state index in [0.717, 1.165) is 0 Å². The van der Waals surface area contributed by atoms with Crippen LogP contribution in [0.4, 0.5) is 0 Å². The third-order valence-electron chi connectivity index (χ3n) is 5.73. The highest BCUT2D eigenvalue weighted by Gasteiger charge is 2.32. The Hall–Kier alpha value is -3.42. The first-order valence-corrected chi connectivity index (χ1v) is 12.4. The lowest BCUT2D eigenvalue weighted by molar-refractivity contribution is -0.142. The predicted octanol–water partition coefficient (Wildman–Crippen LogP) is -1.74. The number of amides is 4. The van der Waals surface area contributed by atoms with Crippen molar-refractivity contribution in [2.24, 2.45) is 39.8 Å². The van der Waals surface area contributed by atoms with Crippen molar-refractivity contribution in [3.63, 3.8) is 0 Å². The van der Waals surface area contributed by atoms with Crippen LogP contribution in [-0.4, -0.2) is 71.4 Å². The molecular formula is C23H44N8O6. The smallest absolute Gasteiger partial charge is 0.326 e. The number of hydrogen-bond donors (Lipinski definition) is 8. The molecule has 12 N–H and O–H groups in total. The molecule has 14 heteroatoms. The molecule has 0 aliphatic heterocycles. The van der Waals surface area contributed by atoms with Gasteiger partial charge in [-0.05, 0) is 37.5 Å². The summed E-state index contributed by atoms with van der Waals surface area (Å²) in [5, 5.41) is 17.3. The molecule has 0 aromatic carbocycles. The number of guanidine groups is 1. The maximum atomic E-state index is 13.2. The summed E-state index contributed by atoms with van der Waals surface area (Å²) in [4.78, 5) is 65.2. The zero-order valence-corrected chi connectivity index (χ0v) is 22.2. The third-order valence-corrected chi connectivity index (χ3v) is 5.73. The molecular weight excluding hydrogens is 484 g/mol. The van der Waals surface area contributed by atoms with Gasteiger partial charge in [0.1, 0.15) is 18.1 Å². The van der Waals surface area contributed by atoms with Crippen molar-refractivity contribution in [3.8, 4) is 0 Å². The Morgan fingerprint density at radius 2 is 1.46 bits per heavy atom. The van der Waals surface area contributed by atoms with E-state index in [2.05, 4.69) is 20.9 Å². The first-order chi connectivity index (χ1) is 17.2. The van der Waals surface area contributed by atoms with Crippen LogP contribution in [-0.2, 0) is 24.0 Å². The van der Waals surface area contributed by atoms with Crippen LogP contribution in [0.1, 0.15) is 66.2 Å². The van der Waals surface area contributed by atoms with Crippen LogP contribution in [0.5, 0.6) is 0 Å². The molecule has 4 amide bonds. The van der Waals surface area contributed by atoms with E-state index >= 15 is 0 Å². The molecule has 0 bridgehead atoms. The number of nitrogens with one attached hydrogen (secondary N) is 3. The maximum Gasteiger partial charge on any atom is 0.326 e. The van der Waals surface area contributed by atoms with E-state index < -0.39 is 53.8 Å². The summed E-state index contributed by atoms with van der Waals surface area (Å²) in [7, 11) is 0. The number of carboxylic acids is 1. The zero-order chi connectivity index (χ0) is 28.7. The van der Waals surface area contributed by atoms with Gasteiger partial charge in [0.15, 0.2) is 5.96 Å². The number of carboxylic acid groups (broad SMARTS) is 1. The van der Waals surface area contributed by atoms with Crippen LogP contribution in [0.2, 0.25) is 0 Å². The fourth-order valence-corrected chi connectivity index (χ4v) is 3.39. The molecule has 0 saturated carbocycles. The first-order valence-electron chi connectivity index (χ1n) is 12.4. The predicted molar refractivity (Wildman–Crippen MR) is 139 cm³/mol. The summed E-state index contributed by atoms with van der Waals surface area (Å²) in [5.41, 5.74) is 21.5. The second-order valence-electron chi connectivity index (χ2n) is 9.52. The number of nitrogens with zero attached hydrogens (tertiary/aromatic N) is 1. The SMILES string of the molecule is CCC(C)C(NC(=O)C(N)CCC(N)=O)C(=O)NC(CC(C)C)C(=O)NC(CCCN=C(N)N)C(=O)O. The Morgan fingerprint density at radius 3 is 1.95 bits per heavy atom. The lowest BCUT2D eigenvalue weighted by Crippen LogP contribution is -2.58. The van der Waals surface area contributed by atoms with Gasteiger partial charge in [0.05, 0.1) is 6.04 Å². The second-order valence-corrected chi connectivity index (χ2v) is 9.52. The zero-order valence-electron chi connectivity index (χ0n) is 22.2. The van der Waals surface area contributed by atoms with Gasteiger partial charge in [-0.15, -0.1) is 0 Å². The number of aliphatic imine (C=N–C) groups is 1. The van der Waals surface area contributed by atoms with Crippen LogP contribution in [0.15, 0.2) is 4.99 Å². The number of aliphatic carboxylic acids is 1. The van der Waals surface area contributed by atoms with Crippen molar-refractivity contribution in [1.29, 1.82) is 0 Å². The molecule has 0 aliphatic rings. The van der Waals surface area contributed by atoms with Crippen molar-refractivity contribution in [3.05, 3.63) is 0 Å². The van der Waals surface area contributed by atoms with Gasteiger partial charge in [-0.3, -0.25) is 24.2 Å². The van der Waals surface area contributed by atoms with Crippen LogP contribution in [0.25, 0.3) is 0 Å². The molecule has 37 heavy (non-hydrogen) atoms. The molecule has 0 saturated heterocycles. The van der Waals surface area contributed by atoms with Gasteiger partial charge in [-0.1, -0.05) is 34.1 Å². The fourth-order valence-electron chi connectivity index (χ4n) is 3.39. The van der Waals surface area contributed by atoms with Gasteiger partial charge in [0.2, 0.25) is 23.6 Å². The van der Waals surface area contributed by atoms with Crippen LogP contribution in [0.3, 0.4) is 0 Å². The molecule has 0 radical (unpaired) electrons. The number of primary amides is 1. The molecule has 0 aliphatic carbocycles. The van der Waals surface area contributed by atoms with Gasteiger partial charge in [0, 0.05) is 13.0 Å². The molecule has 0 aromatic heterocycles. The lowest BCUT2D eigenvalue weighted by Gasteiger charge is -2.28. The van der Waals surface area contributed by atoms with E-state index in [-0.39, 0.29) is 50.0 Å². The van der Waals surface area contributed by atoms with Crippen molar-refractivity contribution < 1.29 is 29.1 Å². The molecule has 0 spiro atoms. The van der Waals surface area contributed by atoms with E-state index in [0.29, 0.717) is 12.8 Å². The normalized spacial score (nSPS) is 15.0. The summed E-state index contributed by atoms with van der Waals surface area (Å²) in [6, 6.07) is -4.30. The molecule has 0 rings (SSSR count). The summed E-state index contributed by atoms with van der Waals surface area (Å²) in [6.45, 7) is 7.49. The number of rotatable bonds is 18. The summed E-state index contributed by atoms with van der Waals surface area (Å²) in [6.07, 6.45) is 1.10. The van der Waals surface area contributed by atoms with Gasteiger partial charge < -0.3 is 44.0 Å². The van der Waals surface area contributed by atoms with E-state index in [4.69, 9.17) is 22.9 Å². The molecule has 0 aromatic rings. The monoisotopic (exact) mass is 528 g/mol. The van der Waals surface area contributed by atoms with Crippen molar-refractivity contribution >= 4 is 35.6 Å². The molecule has 212 valence electrons. The van der Waals surface area contributed by atoms with Crippen molar-refractivity contribution in [1.82, 2.24) is 16.0 Å². The fraction of sp³-hybridized carbons (Fsp3) is 0.739.